The van der Waals surface area contributed by atoms with Crippen molar-refractivity contribution in [3.05, 3.63) is 29.3 Å². The zero-order valence-corrected chi connectivity index (χ0v) is 16.5. The van der Waals surface area contributed by atoms with Crippen LogP contribution in [0.5, 0.6) is 5.75 Å². The maximum atomic E-state index is 12.3. The topological polar surface area (TPSA) is 108 Å². The lowest BCUT2D eigenvalue weighted by Crippen LogP contribution is -2.42. The average Bonchev–Trinajstić information content (AvgIpc) is 2.97. The van der Waals surface area contributed by atoms with Crippen LogP contribution in [-0.4, -0.2) is 57.7 Å². The summed E-state index contributed by atoms with van der Waals surface area (Å²) in [4.78, 5) is 24.5. The average molecular weight is 399 g/mol. The number of sulfone groups is 1. The largest absolute Gasteiger partial charge is 0.496 e. The van der Waals surface area contributed by atoms with Gasteiger partial charge in [-0.1, -0.05) is 0 Å². The highest BCUT2D eigenvalue weighted by Crippen LogP contribution is 2.21. The molecule has 0 aromatic heterocycles. The van der Waals surface area contributed by atoms with Gasteiger partial charge in [-0.3, -0.25) is 4.79 Å². The second kappa shape index (κ2) is 9.18. The number of carbonyl (C=O) groups is 2. The van der Waals surface area contributed by atoms with Crippen LogP contribution >= 0.6 is 0 Å². The molecule has 1 aliphatic rings. The number of rotatable bonds is 8. The van der Waals surface area contributed by atoms with Gasteiger partial charge in [0.15, 0.2) is 15.9 Å². The first-order valence-electron chi connectivity index (χ1n) is 8.72. The van der Waals surface area contributed by atoms with Crippen LogP contribution < -0.4 is 10.1 Å². The Bertz CT molecular complexity index is 791. The smallest absolute Gasteiger partial charge is 0.338 e. The Kier molecular flexibility index (Phi) is 7.20. The molecule has 1 heterocycles. The third-order valence-electron chi connectivity index (χ3n) is 4.21. The van der Waals surface area contributed by atoms with Gasteiger partial charge in [0.2, 0.25) is 0 Å². The molecule has 9 heteroatoms. The maximum Gasteiger partial charge on any atom is 0.338 e. The van der Waals surface area contributed by atoms with Gasteiger partial charge in [0.05, 0.1) is 30.8 Å². The molecule has 2 atom stereocenters. The second-order valence-electron chi connectivity index (χ2n) is 6.32. The van der Waals surface area contributed by atoms with Crippen molar-refractivity contribution in [1.82, 2.24) is 5.32 Å². The number of methoxy groups -OCH3 is 1. The predicted molar refractivity (Wildman–Crippen MR) is 98.4 cm³/mol. The van der Waals surface area contributed by atoms with E-state index in [1.807, 2.05) is 6.92 Å². The van der Waals surface area contributed by atoms with E-state index in [-0.39, 0.29) is 23.7 Å². The molecule has 1 saturated heterocycles. The molecule has 27 heavy (non-hydrogen) atoms. The number of amides is 1. The van der Waals surface area contributed by atoms with E-state index in [2.05, 4.69) is 5.32 Å². The number of carbonyl (C=O) groups excluding carboxylic acids is 2. The Morgan fingerprint density at radius 2 is 2.07 bits per heavy atom. The number of nitrogens with one attached hydrogen (secondary N) is 1. The number of benzene rings is 1. The Morgan fingerprint density at radius 3 is 2.67 bits per heavy atom. The zero-order chi connectivity index (χ0) is 20.0. The standard InChI is InChI=1S/C18H25NO7S/c1-4-25-10-14-9-13(5-6-16(14)24-3)18(21)26-12(2)17(20)19-15-7-8-27(22,23)11-15/h5-6,9,12,15H,4,7-8,10-11H2,1-3H3,(H,19,20)/t12-,15-/m0/s1. The van der Waals surface area contributed by atoms with Crippen LogP contribution in [-0.2, 0) is 30.7 Å². The molecule has 1 N–H and O–H groups in total. The molecular formula is C18H25NO7S. The summed E-state index contributed by atoms with van der Waals surface area (Å²) in [5, 5.41) is 2.61. The Labute approximate surface area is 159 Å². The van der Waals surface area contributed by atoms with Crippen molar-refractivity contribution in [2.45, 2.75) is 39.0 Å². The minimum atomic E-state index is -3.10. The van der Waals surface area contributed by atoms with Gasteiger partial charge in [-0.2, -0.15) is 0 Å². The molecule has 1 fully saturated rings. The van der Waals surface area contributed by atoms with Gasteiger partial charge in [-0.15, -0.1) is 0 Å². The van der Waals surface area contributed by atoms with Crippen molar-refractivity contribution in [2.24, 2.45) is 0 Å². The molecule has 1 amide bonds. The van der Waals surface area contributed by atoms with Crippen LogP contribution in [0.25, 0.3) is 0 Å². The fraction of sp³-hybridized carbons (Fsp3) is 0.556. The molecule has 2 rings (SSSR count). The third kappa shape index (κ3) is 5.93. The quantitative estimate of drug-likeness (QED) is 0.652. The van der Waals surface area contributed by atoms with Crippen molar-refractivity contribution in [3.8, 4) is 5.75 Å². The molecule has 0 bridgehead atoms. The molecule has 8 nitrogen and oxygen atoms in total. The van der Waals surface area contributed by atoms with Crippen molar-refractivity contribution < 1.29 is 32.2 Å². The van der Waals surface area contributed by atoms with E-state index < -0.39 is 33.9 Å². The van der Waals surface area contributed by atoms with Crippen LogP contribution in [0.15, 0.2) is 18.2 Å². The lowest BCUT2D eigenvalue weighted by molar-refractivity contribution is -0.129. The summed E-state index contributed by atoms with van der Waals surface area (Å²) in [5.74, 6) is -0.613. The van der Waals surface area contributed by atoms with Crippen molar-refractivity contribution >= 4 is 21.7 Å². The summed E-state index contributed by atoms with van der Waals surface area (Å²) in [6.07, 6.45) is -0.674. The lowest BCUT2D eigenvalue weighted by atomic mass is 10.1. The molecular weight excluding hydrogens is 374 g/mol. The molecule has 0 unspecified atom stereocenters. The second-order valence-corrected chi connectivity index (χ2v) is 8.55. The fourth-order valence-electron chi connectivity index (χ4n) is 2.74. The van der Waals surface area contributed by atoms with Gasteiger partial charge in [0.1, 0.15) is 5.75 Å². The predicted octanol–water partition coefficient (Wildman–Crippen LogP) is 1.08. The summed E-state index contributed by atoms with van der Waals surface area (Å²) < 4.78 is 38.7. The maximum absolute atomic E-state index is 12.3. The van der Waals surface area contributed by atoms with Crippen molar-refractivity contribution in [3.63, 3.8) is 0 Å². The number of hydrogen-bond donors (Lipinski definition) is 1. The van der Waals surface area contributed by atoms with Crippen molar-refractivity contribution in [2.75, 3.05) is 25.2 Å². The van der Waals surface area contributed by atoms with E-state index in [1.54, 1.807) is 18.2 Å². The van der Waals surface area contributed by atoms with E-state index in [4.69, 9.17) is 14.2 Å². The lowest BCUT2D eigenvalue weighted by Gasteiger charge is -2.17. The molecule has 1 aromatic carbocycles. The van der Waals surface area contributed by atoms with Gasteiger partial charge in [-0.25, -0.2) is 13.2 Å². The highest BCUT2D eigenvalue weighted by Gasteiger charge is 2.30. The SMILES string of the molecule is CCOCc1cc(C(=O)O[C@@H](C)C(=O)N[C@H]2CCS(=O)(=O)C2)ccc1OC. The van der Waals surface area contributed by atoms with Crippen LogP contribution in [0.1, 0.15) is 36.2 Å². The van der Waals surface area contributed by atoms with Gasteiger partial charge < -0.3 is 19.5 Å². The van der Waals surface area contributed by atoms with Crippen LogP contribution in [0.3, 0.4) is 0 Å². The minimum absolute atomic E-state index is 0.0561. The fourth-order valence-corrected chi connectivity index (χ4v) is 4.41. The van der Waals surface area contributed by atoms with Crippen LogP contribution in [0.2, 0.25) is 0 Å². The first-order chi connectivity index (χ1) is 12.8. The number of hydrogen-bond acceptors (Lipinski definition) is 7. The molecule has 0 spiro atoms. The van der Waals surface area contributed by atoms with E-state index in [0.29, 0.717) is 24.3 Å². The zero-order valence-electron chi connectivity index (χ0n) is 15.7. The Morgan fingerprint density at radius 1 is 1.33 bits per heavy atom. The Hall–Kier alpha value is -2.13. The molecule has 1 aromatic rings. The van der Waals surface area contributed by atoms with E-state index in [1.165, 1.54) is 14.0 Å². The monoisotopic (exact) mass is 399 g/mol. The summed E-state index contributed by atoms with van der Waals surface area (Å²) in [5.41, 5.74) is 0.968. The third-order valence-corrected chi connectivity index (χ3v) is 5.98. The van der Waals surface area contributed by atoms with Gasteiger partial charge >= 0.3 is 5.97 Å². The summed E-state index contributed by atoms with van der Waals surface area (Å²) >= 11 is 0. The molecule has 0 aliphatic carbocycles. The van der Waals surface area contributed by atoms with Crippen LogP contribution in [0.4, 0.5) is 0 Å². The van der Waals surface area contributed by atoms with Crippen LogP contribution in [0, 0.1) is 0 Å². The number of esters is 1. The van der Waals surface area contributed by atoms with Gasteiger partial charge in [0, 0.05) is 18.2 Å². The highest BCUT2D eigenvalue weighted by atomic mass is 32.2. The van der Waals surface area contributed by atoms with Crippen molar-refractivity contribution in [1.29, 1.82) is 0 Å². The molecule has 0 radical (unpaired) electrons. The van der Waals surface area contributed by atoms with Gasteiger partial charge in [-0.05, 0) is 38.5 Å². The van der Waals surface area contributed by atoms with E-state index >= 15 is 0 Å². The normalized spacial score (nSPS) is 19.3. The number of ether oxygens (including phenoxy) is 3. The summed E-state index contributed by atoms with van der Waals surface area (Å²) in [7, 11) is -1.57. The van der Waals surface area contributed by atoms with Gasteiger partial charge in [0.25, 0.3) is 5.91 Å². The molecule has 1 aliphatic heterocycles. The summed E-state index contributed by atoms with van der Waals surface area (Å²) in [6.45, 7) is 4.11. The Balaban J connectivity index is 1.98. The van der Waals surface area contributed by atoms with E-state index in [9.17, 15) is 18.0 Å². The summed E-state index contributed by atoms with van der Waals surface area (Å²) in [6, 6.07) is 4.34. The molecule has 150 valence electrons. The highest BCUT2D eigenvalue weighted by molar-refractivity contribution is 7.91. The first kappa shape index (κ1) is 21.2. The minimum Gasteiger partial charge on any atom is -0.496 e. The van der Waals surface area contributed by atoms with E-state index in [0.717, 1.165) is 0 Å². The first-order valence-corrected chi connectivity index (χ1v) is 10.5. The molecule has 0 saturated carbocycles.